The van der Waals surface area contributed by atoms with Crippen LogP contribution in [0.4, 0.5) is 0 Å². The molecule has 1 amide bonds. The number of rotatable bonds is 14. The van der Waals surface area contributed by atoms with Gasteiger partial charge in [0.2, 0.25) is 15.9 Å². The second kappa shape index (κ2) is 16.7. The molecule has 6 aliphatic rings. The first-order valence-corrected chi connectivity index (χ1v) is 22.0. The molecule has 11 nitrogen and oxygen atoms in total. The number of nitrogens with one attached hydrogen (secondary N) is 2. The quantitative estimate of drug-likeness (QED) is 0.203. The first-order chi connectivity index (χ1) is 24.3. The van der Waals surface area contributed by atoms with Crippen LogP contribution >= 0.6 is 0 Å². The van der Waals surface area contributed by atoms with Crippen LogP contribution in [0.5, 0.6) is 0 Å². The lowest BCUT2D eigenvalue weighted by Crippen LogP contribution is -2.62. The number of nitrogens with zero attached hydrogens (tertiary/aromatic N) is 2. The minimum atomic E-state index is -3.53. The molecule has 4 N–H and O–H groups in total. The van der Waals surface area contributed by atoms with Gasteiger partial charge in [0.05, 0.1) is 24.1 Å². The molecule has 0 aromatic carbocycles. The van der Waals surface area contributed by atoms with Gasteiger partial charge in [0.25, 0.3) is 0 Å². The summed E-state index contributed by atoms with van der Waals surface area (Å²) >= 11 is 0. The average molecular weight is 755 g/mol. The van der Waals surface area contributed by atoms with Gasteiger partial charge >= 0.3 is 0 Å². The van der Waals surface area contributed by atoms with E-state index in [0.29, 0.717) is 49.1 Å². The summed E-state index contributed by atoms with van der Waals surface area (Å²) in [5, 5.41) is 26.0. The van der Waals surface area contributed by atoms with Crippen molar-refractivity contribution in [3.63, 3.8) is 0 Å². The molecule has 6 fully saturated rings. The summed E-state index contributed by atoms with van der Waals surface area (Å²) in [6.07, 6.45) is 7.32. The third-order valence-corrected chi connectivity index (χ3v) is 16.2. The monoisotopic (exact) mass is 755 g/mol. The fraction of sp³-hybridized carbons (Fsp3) is 0.975. The molecule has 2 bridgehead atoms. The van der Waals surface area contributed by atoms with Gasteiger partial charge in [0.1, 0.15) is 12.1 Å². The molecular weight excluding hydrogens is 681 g/mol. The highest BCUT2D eigenvalue weighted by atomic mass is 32.2. The summed E-state index contributed by atoms with van der Waals surface area (Å²) in [5.74, 6) is 1.32. The minimum Gasteiger partial charge on any atom is -0.394 e. The summed E-state index contributed by atoms with van der Waals surface area (Å²) in [4.78, 5) is 22.7. The van der Waals surface area contributed by atoms with Gasteiger partial charge in [-0.1, -0.05) is 54.4 Å². The standard InChI is InChI=1S/C40H74N4O7S/c1-24-32-18-28(40(32,6)7)19-33(24)41-38(47)36-35(25(2)46)34(23-45)51-44(36)21-27-14-12-16-31(37(27)50-10)26-13-11-15-30(17-26)52(48,49)42-29(22-43(8)9)20-39(3,4)5/h24-37,42,45-46H,11-23H2,1-10H3,(H,41,47)/t24-,25-,26?,27?,28+,29-,30?,31?,32-,33-,34-,35+,36-,37?/m0/s1. The third kappa shape index (κ3) is 9.22. The van der Waals surface area contributed by atoms with Gasteiger partial charge < -0.3 is 25.2 Å². The lowest BCUT2D eigenvalue weighted by molar-refractivity contribution is -0.193. The van der Waals surface area contributed by atoms with Crippen molar-refractivity contribution in [3.8, 4) is 0 Å². The molecule has 302 valence electrons. The van der Waals surface area contributed by atoms with Crippen LogP contribution in [-0.4, -0.2) is 117 Å². The Morgan fingerprint density at radius 3 is 2.37 bits per heavy atom. The Hall–Kier alpha value is -0.860. The van der Waals surface area contributed by atoms with Gasteiger partial charge in [-0.3, -0.25) is 9.63 Å². The van der Waals surface area contributed by atoms with Gasteiger partial charge in [-0.05, 0) is 113 Å². The van der Waals surface area contributed by atoms with Crippen LogP contribution < -0.4 is 10.0 Å². The number of fused-ring (bicyclic) bond motifs is 2. The van der Waals surface area contributed by atoms with Gasteiger partial charge in [-0.15, -0.1) is 0 Å². The Balaban J connectivity index is 1.29. The number of hydrogen-bond donors (Lipinski definition) is 4. The molecule has 0 aromatic rings. The number of likely N-dealkylation sites (N-methyl/N-ethyl adjacent to an activating group) is 1. The SMILES string of the molecule is COC1C(CN2O[C@@H](CO)[C@@H]([C@H](C)O)[C@H]2C(=O)N[C@H]2C[C@H]3C[C@@H]([C@@H]2C)C3(C)C)CCCC1C1CCCC(S(=O)(=O)N[C@H](CN(C)C)CC(C)(C)C)C1. The fourth-order valence-electron chi connectivity index (χ4n) is 11.6. The Kier molecular flexibility index (Phi) is 13.6. The van der Waals surface area contributed by atoms with E-state index >= 15 is 0 Å². The van der Waals surface area contributed by atoms with E-state index in [2.05, 4.69) is 56.5 Å². The number of ether oxygens (including phenoxy) is 1. The number of carbonyl (C=O) groups is 1. The first kappa shape index (κ1) is 42.3. The Labute approximate surface area is 315 Å². The summed E-state index contributed by atoms with van der Waals surface area (Å²) in [5.41, 5.74) is 0.303. The minimum absolute atomic E-state index is 0.00192. The highest BCUT2D eigenvalue weighted by molar-refractivity contribution is 7.90. The number of carbonyl (C=O) groups excluding carboxylic acids is 1. The zero-order valence-electron chi connectivity index (χ0n) is 34.0. The van der Waals surface area contributed by atoms with E-state index in [4.69, 9.17) is 9.57 Å². The van der Waals surface area contributed by atoms with Crippen molar-refractivity contribution in [2.24, 2.45) is 52.3 Å². The van der Waals surface area contributed by atoms with Crippen molar-refractivity contribution >= 4 is 15.9 Å². The largest absolute Gasteiger partial charge is 0.394 e. The van der Waals surface area contributed by atoms with Crippen molar-refractivity contribution < 1.29 is 33.0 Å². The molecule has 0 radical (unpaired) electrons. The molecule has 52 heavy (non-hydrogen) atoms. The summed E-state index contributed by atoms with van der Waals surface area (Å²) in [6.45, 7) is 15.9. The molecule has 6 rings (SSSR count). The van der Waals surface area contributed by atoms with E-state index < -0.39 is 39.4 Å². The van der Waals surface area contributed by atoms with E-state index in [1.54, 1.807) is 19.1 Å². The van der Waals surface area contributed by atoms with Crippen molar-refractivity contribution in [2.45, 2.75) is 154 Å². The van der Waals surface area contributed by atoms with E-state index in [-0.39, 0.29) is 53.9 Å². The van der Waals surface area contributed by atoms with Crippen molar-refractivity contribution in [1.29, 1.82) is 0 Å². The number of hydrogen-bond acceptors (Lipinski definition) is 9. The summed E-state index contributed by atoms with van der Waals surface area (Å²) in [7, 11) is 2.20. The topological polar surface area (TPSA) is 141 Å². The van der Waals surface area contributed by atoms with Crippen molar-refractivity contribution in [2.75, 3.05) is 40.9 Å². The maximum absolute atomic E-state index is 14.3. The van der Waals surface area contributed by atoms with Crippen LogP contribution in [-0.2, 0) is 24.4 Å². The molecule has 5 aliphatic carbocycles. The average Bonchev–Trinajstić information content (AvgIpc) is 3.42. The summed E-state index contributed by atoms with van der Waals surface area (Å²) in [6, 6.07) is -0.799. The number of methoxy groups -OCH3 is 1. The fourth-order valence-corrected chi connectivity index (χ4v) is 13.4. The lowest BCUT2D eigenvalue weighted by Gasteiger charge is -2.62. The van der Waals surface area contributed by atoms with Gasteiger partial charge in [-0.2, -0.15) is 5.06 Å². The van der Waals surface area contributed by atoms with Gasteiger partial charge in [0.15, 0.2) is 0 Å². The third-order valence-electron chi connectivity index (χ3n) is 14.2. The van der Waals surface area contributed by atoms with Crippen LogP contribution in [0.25, 0.3) is 0 Å². The van der Waals surface area contributed by atoms with Gasteiger partial charge in [0, 0.05) is 44.1 Å². The zero-order chi connectivity index (χ0) is 38.3. The first-order valence-electron chi connectivity index (χ1n) is 20.5. The van der Waals surface area contributed by atoms with Crippen molar-refractivity contribution in [1.82, 2.24) is 20.0 Å². The highest BCUT2D eigenvalue weighted by Gasteiger charge is 2.58. The molecule has 5 unspecified atom stereocenters. The molecule has 12 heteroatoms. The Morgan fingerprint density at radius 1 is 1.10 bits per heavy atom. The van der Waals surface area contributed by atoms with Crippen molar-refractivity contribution in [3.05, 3.63) is 0 Å². The maximum atomic E-state index is 14.3. The van der Waals surface area contributed by atoms with Crippen LogP contribution in [0.1, 0.15) is 113 Å². The van der Waals surface area contributed by atoms with Crippen LogP contribution in [0.15, 0.2) is 0 Å². The molecule has 14 atom stereocenters. The summed E-state index contributed by atoms with van der Waals surface area (Å²) < 4.78 is 37.3. The number of aliphatic hydroxyl groups is 2. The van der Waals surface area contributed by atoms with Crippen LogP contribution in [0.2, 0.25) is 0 Å². The number of aliphatic hydroxyl groups excluding tert-OH is 2. The van der Waals surface area contributed by atoms with E-state index in [1.807, 2.05) is 14.1 Å². The normalized spacial score (nSPS) is 39.6. The smallest absolute Gasteiger partial charge is 0.240 e. The van der Waals surface area contributed by atoms with Crippen LogP contribution in [0, 0.1) is 52.3 Å². The molecule has 0 aromatic heterocycles. The Morgan fingerprint density at radius 2 is 1.79 bits per heavy atom. The van der Waals surface area contributed by atoms with E-state index in [0.717, 1.165) is 44.9 Å². The second-order valence-electron chi connectivity index (χ2n) is 19.7. The maximum Gasteiger partial charge on any atom is 0.240 e. The molecule has 1 aliphatic heterocycles. The molecular formula is C40H74N4O7S. The van der Waals surface area contributed by atoms with Crippen LogP contribution in [0.3, 0.4) is 0 Å². The second-order valence-corrected chi connectivity index (χ2v) is 21.7. The number of hydroxylamine groups is 2. The molecule has 1 saturated heterocycles. The molecule has 0 spiro atoms. The molecule has 5 saturated carbocycles. The predicted octanol–water partition coefficient (Wildman–Crippen LogP) is 4.42. The Bertz CT molecular complexity index is 1300. The number of amides is 1. The predicted molar refractivity (Wildman–Crippen MR) is 205 cm³/mol. The lowest BCUT2D eigenvalue weighted by atomic mass is 9.45. The highest BCUT2D eigenvalue weighted by Crippen LogP contribution is 2.61. The van der Waals surface area contributed by atoms with Gasteiger partial charge in [-0.25, -0.2) is 13.1 Å². The number of sulfonamides is 1. The molecule has 1 heterocycles. The van der Waals surface area contributed by atoms with E-state index in [1.165, 1.54) is 6.42 Å². The van der Waals surface area contributed by atoms with E-state index in [9.17, 15) is 23.4 Å². The zero-order valence-corrected chi connectivity index (χ0v) is 34.8.